The van der Waals surface area contributed by atoms with E-state index in [1.54, 1.807) is 16.7 Å². The average Bonchev–Trinajstić information content (AvgIpc) is 2.92. The first kappa shape index (κ1) is 16.4. The number of alkyl halides is 1. The fraction of sp³-hybridized carbons (Fsp3) is 0.500. The molecule has 1 aliphatic carbocycles. The number of carboxylic acids is 1. The highest BCUT2D eigenvalue weighted by atomic mass is 19.1. The lowest BCUT2D eigenvalue weighted by molar-refractivity contribution is -0.158. The number of aromatic nitrogens is 3. The van der Waals surface area contributed by atoms with Gasteiger partial charge in [-0.25, -0.2) is 4.39 Å². The van der Waals surface area contributed by atoms with Gasteiger partial charge in [-0.15, -0.1) is 10.2 Å². The molecular weight excluding hydrogens is 315 g/mol. The Morgan fingerprint density at radius 1 is 1.38 bits per heavy atom. The second-order valence-corrected chi connectivity index (χ2v) is 6.59. The number of hydrogen-bond donors (Lipinski definition) is 2. The van der Waals surface area contributed by atoms with Crippen molar-refractivity contribution in [2.45, 2.75) is 38.4 Å². The van der Waals surface area contributed by atoms with Crippen LogP contribution in [0.3, 0.4) is 0 Å². The van der Waals surface area contributed by atoms with Gasteiger partial charge >= 0.3 is 5.97 Å². The summed E-state index contributed by atoms with van der Waals surface area (Å²) in [6.45, 7) is 3.78. The summed E-state index contributed by atoms with van der Waals surface area (Å²) in [5, 5.41) is 19.7. The molecule has 7 nitrogen and oxygen atoms in total. The van der Waals surface area contributed by atoms with Crippen LogP contribution in [0.1, 0.15) is 38.6 Å². The topological polar surface area (TPSA) is 96.6 Å². The Kier molecular flexibility index (Phi) is 3.98. The first-order valence-corrected chi connectivity index (χ1v) is 7.84. The zero-order valence-corrected chi connectivity index (χ0v) is 13.4. The van der Waals surface area contributed by atoms with Crippen molar-refractivity contribution in [2.24, 2.45) is 11.8 Å². The van der Waals surface area contributed by atoms with Gasteiger partial charge in [0.05, 0.1) is 12.0 Å². The molecular formula is C16H19FN4O3. The molecule has 0 bridgehead atoms. The number of fused-ring (bicyclic) bond motifs is 1. The van der Waals surface area contributed by atoms with E-state index >= 15 is 0 Å². The Morgan fingerprint density at radius 3 is 2.71 bits per heavy atom. The molecule has 2 aromatic rings. The molecule has 2 heterocycles. The monoisotopic (exact) mass is 334 g/mol. The van der Waals surface area contributed by atoms with Crippen LogP contribution < -0.4 is 5.32 Å². The molecule has 3 rings (SSSR count). The summed E-state index contributed by atoms with van der Waals surface area (Å²) in [4.78, 5) is 23.2. The quantitative estimate of drug-likeness (QED) is 0.868. The number of carbonyl (C=O) groups excluding carboxylic acids is 1. The normalized spacial score (nSPS) is 24.6. The maximum absolute atomic E-state index is 14.6. The van der Waals surface area contributed by atoms with Crippen LogP contribution in [0, 0.1) is 11.8 Å². The summed E-state index contributed by atoms with van der Waals surface area (Å²) >= 11 is 0. The van der Waals surface area contributed by atoms with Gasteiger partial charge in [0.2, 0.25) is 0 Å². The molecule has 1 fully saturated rings. The third-order valence-electron chi connectivity index (χ3n) is 4.47. The van der Waals surface area contributed by atoms with E-state index in [-0.39, 0.29) is 18.8 Å². The molecule has 2 aromatic heterocycles. The number of pyridine rings is 1. The molecule has 1 atom stereocenters. The molecule has 0 saturated heterocycles. The van der Waals surface area contributed by atoms with Crippen molar-refractivity contribution in [3.8, 4) is 0 Å². The molecule has 128 valence electrons. The number of halogens is 1. The Hall–Kier alpha value is -2.51. The second-order valence-electron chi connectivity index (χ2n) is 6.59. The van der Waals surface area contributed by atoms with E-state index in [0.29, 0.717) is 11.5 Å². The van der Waals surface area contributed by atoms with Gasteiger partial charge in [-0.05, 0) is 18.1 Å². The fourth-order valence-electron chi connectivity index (χ4n) is 2.95. The van der Waals surface area contributed by atoms with Gasteiger partial charge in [0.25, 0.3) is 5.91 Å². The Morgan fingerprint density at radius 2 is 2.08 bits per heavy atom. The van der Waals surface area contributed by atoms with E-state index in [9.17, 15) is 14.0 Å². The molecule has 1 aliphatic rings. The molecule has 0 aromatic carbocycles. The maximum Gasteiger partial charge on any atom is 0.306 e. The van der Waals surface area contributed by atoms with Crippen LogP contribution in [0.25, 0.3) is 5.65 Å². The standard InChI is InChI=1S/C16H19FN4O3/c1-9(2)12(13-20-19-11-5-3-4-6-21(11)13)18-15(24)16(17)7-10(8-16)14(22)23/h3-6,9-10,12H,7-8H2,1-2H3,(H,18,24)(H,22,23). The fourth-order valence-corrected chi connectivity index (χ4v) is 2.95. The van der Waals surface area contributed by atoms with Gasteiger partial charge in [-0.3, -0.25) is 14.0 Å². The van der Waals surface area contributed by atoms with Crippen LogP contribution in [-0.4, -0.2) is 37.2 Å². The lowest BCUT2D eigenvalue weighted by atomic mass is 9.71. The van der Waals surface area contributed by atoms with Crippen molar-refractivity contribution in [3.63, 3.8) is 0 Å². The first-order chi connectivity index (χ1) is 11.3. The minimum atomic E-state index is -2.13. The molecule has 1 unspecified atom stereocenters. The number of nitrogens with zero attached hydrogens (tertiary/aromatic N) is 3. The predicted molar refractivity (Wildman–Crippen MR) is 82.9 cm³/mol. The van der Waals surface area contributed by atoms with Crippen molar-refractivity contribution >= 4 is 17.5 Å². The van der Waals surface area contributed by atoms with Crippen molar-refractivity contribution in [1.82, 2.24) is 19.9 Å². The summed E-state index contributed by atoms with van der Waals surface area (Å²) in [5.74, 6) is -2.18. The van der Waals surface area contributed by atoms with Crippen LogP contribution in [0.4, 0.5) is 4.39 Å². The summed E-state index contributed by atoms with van der Waals surface area (Å²) in [5.41, 5.74) is -1.49. The average molecular weight is 334 g/mol. The van der Waals surface area contributed by atoms with Crippen LogP contribution in [0.15, 0.2) is 24.4 Å². The van der Waals surface area contributed by atoms with Gasteiger partial charge in [-0.1, -0.05) is 19.9 Å². The van der Waals surface area contributed by atoms with Crippen molar-refractivity contribution < 1.29 is 19.1 Å². The number of hydrogen-bond acceptors (Lipinski definition) is 4. The second kappa shape index (κ2) is 5.85. The molecule has 1 saturated carbocycles. The third-order valence-corrected chi connectivity index (χ3v) is 4.47. The Labute approximate surface area is 137 Å². The summed E-state index contributed by atoms with van der Waals surface area (Å²) in [6.07, 6.45) is 1.19. The maximum atomic E-state index is 14.6. The lowest BCUT2D eigenvalue weighted by Gasteiger charge is -2.38. The predicted octanol–water partition coefficient (Wildman–Crippen LogP) is 1.75. The van der Waals surface area contributed by atoms with E-state index < -0.39 is 29.5 Å². The highest BCUT2D eigenvalue weighted by molar-refractivity contribution is 5.89. The van der Waals surface area contributed by atoms with Gasteiger partial charge in [-0.2, -0.15) is 0 Å². The van der Waals surface area contributed by atoms with Crippen molar-refractivity contribution in [1.29, 1.82) is 0 Å². The lowest BCUT2D eigenvalue weighted by Crippen LogP contribution is -2.55. The highest BCUT2D eigenvalue weighted by Crippen LogP contribution is 2.42. The minimum absolute atomic E-state index is 0.0412. The van der Waals surface area contributed by atoms with Gasteiger partial charge in [0.15, 0.2) is 17.1 Å². The van der Waals surface area contributed by atoms with E-state index in [4.69, 9.17) is 5.11 Å². The van der Waals surface area contributed by atoms with E-state index in [2.05, 4.69) is 15.5 Å². The Balaban J connectivity index is 1.80. The first-order valence-electron chi connectivity index (χ1n) is 7.84. The van der Waals surface area contributed by atoms with Crippen molar-refractivity contribution in [3.05, 3.63) is 30.2 Å². The SMILES string of the molecule is CC(C)C(NC(=O)C1(F)CC(C(=O)O)C1)c1nnc2ccccn12. The van der Waals surface area contributed by atoms with Crippen LogP contribution in [0.2, 0.25) is 0 Å². The van der Waals surface area contributed by atoms with Gasteiger partial charge < -0.3 is 10.4 Å². The summed E-state index contributed by atoms with van der Waals surface area (Å²) in [6, 6.07) is 4.91. The van der Waals surface area contributed by atoms with Crippen LogP contribution in [-0.2, 0) is 9.59 Å². The summed E-state index contributed by atoms with van der Waals surface area (Å²) < 4.78 is 16.3. The largest absolute Gasteiger partial charge is 0.481 e. The number of nitrogens with one attached hydrogen (secondary N) is 1. The third kappa shape index (κ3) is 2.72. The number of rotatable bonds is 5. The molecule has 0 spiro atoms. The van der Waals surface area contributed by atoms with Crippen LogP contribution in [0.5, 0.6) is 0 Å². The van der Waals surface area contributed by atoms with Crippen LogP contribution >= 0.6 is 0 Å². The smallest absolute Gasteiger partial charge is 0.306 e. The molecule has 24 heavy (non-hydrogen) atoms. The van der Waals surface area contributed by atoms with E-state index in [1.165, 1.54) is 0 Å². The van der Waals surface area contributed by atoms with Gasteiger partial charge in [0, 0.05) is 19.0 Å². The highest BCUT2D eigenvalue weighted by Gasteiger charge is 2.54. The molecule has 8 heteroatoms. The van der Waals surface area contributed by atoms with E-state index in [0.717, 1.165) is 0 Å². The number of amides is 1. The van der Waals surface area contributed by atoms with E-state index in [1.807, 2.05) is 26.0 Å². The van der Waals surface area contributed by atoms with Gasteiger partial charge in [0.1, 0.15) is 0 Å². The number of aliphatic carboxylic acids is 1. The molecule has 0 radical (unpaired) electrons. The molecule has 0 aliphatic heterocycles. The number of carboxylic acid groups (broad SMARTS) is 1. The Bertz CT molecular complexity index is 782. The minimum Gasteiger partial charge on any atom is -0.481 e. The zero-order valence-electron chi connectivity index (χ0n) is 13.4. The molecule has 1 amide bonds. The zero-order chi connectivity index (χ0) is 17.5. The molecule has 2 N–H and O–H groups in total. The van der Waals surface area contributed by atoms with Crippen molar-refractivity contribution in [2.75, 3.05) is 0 Å². The number of carbonyl (C=O) groups is 2. The summed E-state index contributed by atoms with van der Waals surface area (Å²) in [7, 11) is 0.